The van der Waals surface area contributed by atoms with E-state index in [9.17, 15) is 4.79 Å². The molecule has 15 heavy (non-hydrogen) atoms. The first-order valence-corrected chi connectivity index (χ1v) is 5.71. The van der Waals surface area contributed by atoms with Gasteiger partial charge in [-0.05, 0) is 6.92 Å². The van der Waals surface area contributed by atoms with E-state index in [4.69, 9.17) is 0 Å². The molecule has 1 aromatic rings. The molecule has 0 saturated carbocycles. The van der Waals surface area contributed by atoms with E-state index in [0.717, 1.165) is 10.7 Å². The number of carbonyl (C=O) groups excluding carboxylic acids is 1. The van der Waals surface area contributed by atoms with Gasteiger partial charge in [0.15, 0.2) is 0 Å². The van der Waals surface area contributed by atoms with Crippen molar-refractivity contribution in [3.05, 3.63) is 16.1 Å². The lowest BCUT2D eigenvalue weighted by Crippen LogP contribution is -2.26. The van der Waals surface area contributed by atoms with Gasteiger partial charge < -0.3 is 10.1 Å². The maximum atomic E-state index is 11.1. The molecule has 0 fully saturated rings. The molecule has 0 aliphatic carbocycles. The third kappa shape index (κ3) is 3.97. The predicted octanol–water partition coefficient (Wildman–Crippen LogP) is 1.35. The van der Waals surface area contributed by atoms with Crippen LogP contribution < -0.4 is 5.32 Å². The molecule has 1 aromatic heterocycles. The average molecular weight is 228 g/mol. The van der Waals surface area contributed by atoms with Crippen LogP contribution in [0.4, 0.5) is 0 Å². The van der Waals surface area contributed by atoms with E-state index in [2.05, 4.69) is 15.0 Å². The number of aryl methyl sites for hydroxylation is 1. The normalized spacial score (nSPS) is 12.5. The Morgan fingerprint density at radius 2 is 2.47 bits per heavy atom. The van der Waals surface area contributed by atoms with Crippen molar-refractivity contribution in [1.29, 1.82) is 0 Å². The third-order valence-electron chi connectivity index (χ3n) is 2.00. The highest BCUT2D eigenvalue weighted by Gasteiger charge is 2.12. The number of thiazole rings is 1. The molecule has 1 unspecified atom stereocenters. The van der Waals surface area contributed by atoms with Crippen LogP contribution in [0.5, 0.6) is 0 Å². The van der Waals surface area contributed by atoms with Gasteiger partial charge in [0.05, 0.1) is 13.0 Å². The topological polar surface area (TPSA) is 51.2 Å². The fraction of sp³-hybridized carbons (Fsp3) is 0.600. The van der Waals surface area contributed by atoms with Gasteiger partial charge in [-0.15, -0.1) is 11.3 Å². The molecular weight excluding hydrogens is 212 g/mol. The Kier molecular flexibility index (Phi) is 4.71. The quantitative estimate of drug-likeness (QED) is 0.773. The largest absolute Gasteiger partial charge is 0.469 e. The summed E-state index contributed by atoms with van der Waals surface area (Å²) in [4.78, 5) is 15.4. The molecule has 1 atom stereocenters. The number of methoxy groups -OCH3 is 1. The maximum absolute atomic E-state index is 11.1. The second kappa shape index (κ2) is 5.82. The zero-order valence-corrected chi connectivity index (χ0v) is 10.1. The molecule has 0 aliphatic rings. The highest BCUT2D eigenvalue weighted by Crippen LogP contribution is 2.08. The Labute approximate surface area is 93.7 Å². The highest BCUT2D eigenvalue weighted by molar-refractivity contribution is 7.09. The Hall–Kier alpha value is -0.940. The molecule has 4 nitrogen and oxygen atoms in total. The highest BCUT2D eigenvalue weighted by atomic mass is 32.1. The number of esters is 1. The zero-order valence-electron chi connectivity index (χ0n) is 9.24. The van der Waals surface area contributed by atoms with Crippen molar-refractivity contribution in [2.24, 2.45) is 5.92 Å². The molecule has 5 heteroatoms. The number of aromatic nitrogens is 1. The average Bonchev–Trinajstić information content (AvgIpc) is 2.63. The number of ether oxygens (including phenoxy) is 1. The number of hydrogen-bond acceptors (Lipinski definition) is 5. The van der Waals surface area contributed by atoms with Gasteiger partial charge in [-0.25, -0.2) is 4.98 Å². The van der Waals surface area contributed by atoms with Crippen molar-refractivity contribution >= 4 is 17.3 Å². The van der Waals surface area contributed by atoms with Crippen molar-refractivity contribution in [2.75, 3.05) is 13.7 Å². The van der Waals surface area contributed by atoms with Crippen molar-refractivity contribution in [1.82, 2.24) is 10.3 Å². The van der Waals surface area contributed by atoms with E-state index in [-0.39, 0.29) is 11.9 Å². The standard InChI is InChI=1S/C10H16N2O2S/c1-7(10(13)14-3)4-11-5-9-12-8(2)6-15-9/h6-7,11H,4-5H2,1-3H3. The van der Waals surface area contributed by atoms with Crippen molar-refractivity contribution < 1.29 is 9.53 Å². The van der Waals surface area contributed by atoms with Crippen LogP contribution in [0.2, 0.25) is 0 Å². The monoisotopic (exact) mass is 228 g/mol. The molecule has 1 N–H and O–H groups in total. The van der Waals surface area contributed by atoms with Gasteiger partial charge in [0.1, 0.15) is 5.01 Å². The van der Waals surface area contributed by atoms with Crippen LogP contribution in [0.3, 0.4) is 0 Å². The minimum Gasteiger partial charge on any atom is -0.469 e. The Bertz CT molecular complexity index is 325. The van der Waals surface area contributed by atoms with Crippen LogP contribution in [-0.2, 0) is 16.1 Å². The summed E-state index contributed by atoms with van der Waals surface area (Å²) in [5.41, 5.74) is 1.04. The first kappa shape index (κ1) is 12.1. The molecular formula is C10H16N2O2S. The molecule has 84 valence electrons. The zero-order chi connectivity index (χ0) is 11.3. The first-order chi connectivity index (χ1) is 7.13. The van der Waals surface area contributed by atoms with E-state index >= 15 is 0 Å². The summed E-state index contributed by atoms with van der Waals surface area (Å²) in [6, 6.07) is 0. The van der Waals surface area contributed by atoms with Gasteiger partial charge in [-0.2, -0.15) is 0 Å². The van der Waals surface area contributed by atoms with Crippen molar-refractivity contribution in [2.45, 2.75) is 20.4 Å². The van der Waals surface area contributed by atoms with E-state index in [1.54, 1.807) is 11.3 Å². The maximum Gasteiger partial charge on any atom is 0.309 e. The summed E-state index contributed by atoms with van der Waals surface area (Å²) in [6.45, 7) is 5.13. The summed E-state index contributed by atoms with van der Waals surface area (Å²) in [6.07, 6.45) is 0. The fourth-order valence-electron chi connectivity index (χ4n) is 1.16. The summed E-state index contributed by atoms with van der Waals surface area (Å²) in [7, 11) is 1.41. The van der Waals surface area contributed by atoms with E-state index in [1.165, 1.54) is 7.11 Å². The summed E-state index contributed by atoms with van der Waals surface area (Å²) < 4.78 is 4.63. The fourth-order valence-corrected chi connectivity index (χ4v) is 1.91. The van der Waals surface area contributed by atoms with Crippen LogP contribution in [0, 0.1) is 12.8 Å². The van der Waals surface area contributed by atoms with Crippen LogP contribution in [0.15, 0.2) is 5.38 Å². The number of hydrogen-bond donors (Lipinski definition) is 1. The first-order valence-electron chi connectivity index (χ1n) is 4.83. The van der Waals surface area contributed by atoms with Gasteiger partial charge in [0, 0.05) is 24.2 Å². The van der Waals surface area contributed by atoms with Gasteiger partial charge in [-0.3, -0.25) is 4.79 Å². The Morgan fingerprint density at radius 3 is 3.00 bits per heavy atom. The van der Waals surface area contributed by atoms with Gasteiger partial charge in [-0.1, -0.05) is 6.92 Å². The second-order valence-electron chi connectivity index (χ2n) is 3.44. The third-order valence-corrected chi connectivity index (χ3v) is 2.96. The molecule has 0 aliphatic heterocycles. The summed E-state index contributed by atoms with van der Waals surface area (Å²) >= 11 is 1.63. The molecule has 1 rings (SSSR count). The van der Waals surface area contributed by atoms with E-state index in [0.29, 0.717) is 13.1 Å². The lowest BCUT2D eigenvalue weighted by Gasteiger charge is -2.08. The van der Waals surface area contributed by atoms with Crippen LogP contribution in [0.25, 0.3) is 0 Å². The van der Waals surface area contributed by atoms with Crippen LogP contribution in [0.1, 0.15) is 17.6 Å². The molecule has 0 aromatic carbocycles. The smallest absolute Gasteiger partial charge is 0.309 e. The lowest BCUT2D eigenvalue weighted by atomic mass is 10.2. The van der Waals surface area contributed by atoms with Gasteiger partial charge in [0.2, 0.25) is 0 Å². The minimum absolute atomic E-state index is 0.115. The number of carbonyl (C=O) groups is 1. The number of nitrogens with one attached hydrogen (secondary N) is 1. The van der Waals surface area contributed by atoms with E-state index in [1.807, 2.05) is 19.2 Å². The Morgan fingerprint density at radius 1 is 1.73 bits per heavy atom. The van der Waals surface area contributed by atoms with Crippen molar-refractivity contribution in [3.8, 4) is 0 Å². The Balaban J connectivity index is 2.24. The molecule has 1 heterocycles. The van der Waals surface area contributed by atoms with Crippen LogP contribution >= 0.6 is 11.3 Å². The van der Waals surface area contributed by atoms with Gasteiger partial charge in [0.25, 0.3) is 0 Å². The number of rotatable bonds is 5. The lowest BCUT2D eigenvalue weighted by molar-refractivity contribution is -0.144. The molecule has 0 spiro atoms. The van der Waals surface area contributed by atoms with Crippen molar-refractivity contribution in [3.63, 3.8) is 0 Å². The van der Waals surface area contributed by atoms with Crippen LogP contribution in [-0.4, -0.2) is 24.6 Å². The summed E-state index contributed by atoms with van der Waals surface area (Å²) in [5.74, 6) is -0.297. The molecule has 0 saturated heterocycles. The number of nitrogens with zero attached hydrogens (tertiary/aromatic N) is 1. The SMILES string of the molecule is COC(=O)C(C)CNCc1nc(C)cs1. The molecule has 0 amide bonds. The van der Waals surface area contributed by atoms with E-state index < -0.39 is 0 Å². The van der Waals surface area contributed by atoms with Gasteiger partial charge >= 0.3 is 5.97 Å². The molecule has 0 radical (unpaired) electrons. The second-order valence-corrected chi connectivity index (χ2v) is 4.38. The molecule has 0 bridgehead atoms. The predicted molar refractivity (Wildman–Crippen MR) is 59.7 cm³/mol. The summed E-state index contributed by atoms with van der Waals surface area (Å²) in [5, 5.41) is 6.24. The minimum atomic E-state index is -0.183.